The highest BCUT2D eigenvalue weighted by Crippen LogP contribution is 2.50. The molecule has 0 amide bonds. The van der Waals surface area contributed by atoms with Gasteiger partial charge in [-0.25, -0.2) is 0 Å². The standard InChI is InChI=1S/C16H29NO/c1-3-16-14(6-7-18-16)15(17-2)10-13-9-11-4-5-12(13)8-11/h11-17H,3-10H2,1-2H3. The molecule has 0 spiro atoms. The lowest BCUT2D eigenvalue weighted by molar-refractivity contribution is 0.0736. The number of hydrogen-bond acceptors (Lipinski definition) is 2. The van der Waals surface area contributed by atoms with E-state index in [0.29, 0.717) is 12.1 Å². The van der Waals surface area contributed by atoms with Gasteiger partial charge in [0.05, 0.1) is 6.10 Å². The van der Waals surface area contributed by atoms with Crippen LogP contribution in [0.2, 0.25) is 0 Å². The molecular weight excluding hydrogens is 222 g/mol. The quantitative estimate of drug-likeness (QED) is 0.810. The van der Waals surface area contributed by atoms with E-state index in [4.69, 9.17) is 4.74 Å². The molecule has 104 valence electrons. The van der Waals surface area contributed by atoms with Gasteiger partial charge in [-0.15, -0.1) is 0 Å². The van der Waals surface area contributed by atoms with Crippen molar-refractivity contribution in [1.82, 2.24) is 5.32 Å². The maximum Gasteiger partial charge on any atom is 0.0616 e. The summed E-state index contributed by atoms with van der Waals surface area (Å²) in [4.78, 5) is 0. The lowest BCUT2D eigenvalue weighted by atomic mass is 9.79. The van der Waals surface area contributed by atoms with Crippen molar-refractivity contribution in [1.29, 1.82) is 0 Å². The second kappa shape index (κ2) is 5.50. The van der Waals surface area contributed by atoms with Gasteiger partial charge in [0.15, 0.2) is 0 Å². The van der Waals surface area contributed by atoms with Crippen LogP contribution in [0.25, 0.3) is 0 Å². The zero-order valence-corrected chi connectivity index (χ0v) is 12.0. The minimum Gasteiger partial charge on any atom is -0.378 e. The predicted molar refractivity (Wildman–Crippen MR) is 74.5 cm³/mol. The minimum atomic E-state index is 0.515. The highest BCUT2D eigenvalue weighted by Gasteiger charge is 2.42. The average Bonchev–Trinajstić information content (AvgIpc) is 3.10. The summed E-state index contributed by atoms with van der Waals surface area (Å²) in [5.41, 5.74) is 0. The first-order chi connectivity index (χ1) is 8.81. The fourth-order valence-corrected chi connectivity index (χ4v) is 5.04. The van der Waals surface area contributed by atoms with Crippen molar-refractivity contribution in [3.63, 3.8) is 0 Å². The van der Waals surface area contributed by atoms with Crippen LogP contribution in [-0.2, 0) is 4.74 Å². The van der Waals surface area contributed by atoms with Crippen molar-refractivity contribution in [2.24, 2.45) is 23.7 Å². The molecule has 2 aliphatic carbocycles. The Kier molecular flexibility index (Phi) is 3.95. The maximum absolute atomic E-state index is 5.88. The Bertz CT molecular complexity index is 280. The summed E-state index contributed by atoms with van der Waals surface area (Å²) < 4.78 is 5.88. The lowest BCUT2D eigenvalue weighted by Crippen LogP contribution is -2.40. The van der Waals surface area contributed by atoms with Crippen molar-refractivity contribution in [3.8, 4) is 0 Å². The van der Waals surface area contributed by atoms with Crippen molar-refractivity contribution >= 4 is 0 Å². The number of hydrogen-bond donors (Lipinski definition) is 1. The number of fused-ring (bicyclic) bond motifs is 2. The monoisotopic (exact) mass is 251 g/mol. The van der Waals surface area contributed by atoms with Crippen LogP contribution in [0.4, 0.5) is 0 Å². The number of ether oxygens (including phenoxy) is 1. The molecular formula is C16H29NO. The highest BCUT2D eigenvalue weighted by atomic mass is 16.5. The van der Waals surface area contributed by atoms with E-state index in [9.17, 15) is 0 Å². The Morgan fingerprint density at radius 3 is 2.72 bits per heavy atom. The van der Waals surface area contributed by atoms with Gasteiger partial charge in [-0.1, -0.05) is 13.3 Å². The van der Waals surface area contributed by atoms with E-state index >= 15 is 0 Å². The second-order valence-corrected chi connectivity index (χ2v) is 6.84. The van der Waals surface area contributed by atoms with Gasteiger partial charge in [0.1, 0.15) is 0 Å². The van der Waals surface area contributed by atoms with Crippen LogP contribution < -0.4 is 5.32 Å². The van der Waals surface area contributed by atoms with Gasteiger partial charge >= 0.3 is 0 Å². The van der Waals surface area contributed by atoms with E-state index in [1.54, 1.807) is 6.42 Å². The molecule has 6 unspecified atom stereocenters. The first kappa shape index (κ1) is 12.9. The van der Waals surface area contributed by atoms with E-state index in [0.717, 1.165) is 30.3 Å². The molecule has 2 saturated carbocycles. The molecule has 2 heteroatoms. The Labute approximate surface area is 112 Å². The molecule has 1 N–H and O–H groups in total. The molecule has 0 aromatic carbocycles. The molecule has 0 aromatic rings. The summed E-state index contributed by atoms with van der Waals surface area (Å²) in [6.45, 7) is 3.26. The van der Waals surface area contributed by atoms with Crippen molar-refractivity contribution < 1.29 is 4.74 Å². The van der Waals surface area contributed by atoms with E-state index < -0.39 is 0 Å². The lowest BCUT2D eigenvalue weighted by Gasteiger charge is -2.32. The van der Waals surface area contributed by atoms with Gasteiger partial charge in [0.25, 0.3) is 0 Å². The van der Waals surface area contributed by atoms with Gasteiger partial charge in [-0.2, -0.15) is 0 Å². The van der Waals surface area contributed by atoms with E-state index in [-0.39, 0.29) is 0 Å². The normalized spacial score (nSPS) is 44.7. The summed E-state index contributed by atoms with van der Waals surface area (Å²) in [5, 5.41) is 3.61. The van der Waals surface area contributed by atoms with Gasteiger partial charge in [-0.3, -0.25) is 0 Å². The summed E-state index contributed by atoms with van der Waals surface area (Å²) in [6.07, 6.45) is 10.5. The Balaban J connectivity index is 1.59. The van der Waals surface area contributed by atoms with Crippen LogP contribution >= 0.6 is 0 Å². The van der Waals surface area contributed by atoms with Crippen LogP contribution in [0.1, 0.15) is 51.9 Å². The molecule has 3 fully saturated rings. The van der Waals surface area contributed by atoms with Gasteiger partial charge in [0, 0.05) is 18.6 Å². The number of rotatable bonds is 5. The molecule has 0 aromatic heterocycles. The molecule has 1 heterocycles. The van der Waals surface area contributed by atoms with Crippen LogP contribution in [0, 0.1) is 23.7 Å². The predicted octanol–water partition coefficient (Wildman–Crippen LogP) is 3.22. The van der Waals surface area contributed by atoms with Gasteiger partial charge in [0.2, 0.25) is 0 Å². The molecule has 0 radical (unpaired) electrons. The SMILES string of the molecule is CCC1OCCC1C(CC1CC2CCC1C2)NC. The summed E-state index contributed by atoms with van der Waals surface area (Å²) in [6, 6.07) is 0.696. The van der Waals surface area contributed by atoms with Crippen LogP contribution in [0.15, 0.2) is 0 Å². The molecule has 1 saturated heterocycles. The Hall–Kier alpha value is -0.0800. The third-order valence-electron chi connectivity index (χ3n) is 5.99. The minimum absolute atomic E-state index is 0.515. The van der Waals surface area contributed by atoms with E-state index in [1.165, 1.54) is 38.5 Å². The van der Waals surface area contributed by atoms with Gasteiger partial charge in [-0.05, 0) is 63.3 Å². The van der Waals surface area contributed by atoms with E-state index in [2.05, 4.69) is 19.3 Å². The van der Waals surface area contributed by atoms with Gasteiger partial charge < -0.3 is 10.1 Å². The first-order valence-corrected chi connectivity index (χ1v) is 8.10. The highest BCUT2D eigenvalue weighted by molar-refractivity contribution is 4.94. The zero-order chi connectivity index (χ0) is 12.5. The number of nitrogens with one attached hydrogen (secondary N) is 1. The summed E-state index contributed by atoms with van der Waals surface area (Å²) in [5.74, 6) is 3.92. The van der Waals surface area contributed by atoms with Crippen LogP contribution in [0.5, 0.6) is 0 Å². The molecule has 6 atom stereocenters. The van der Waals surface area contributed by atoms with Crippen molar-refractivity contribution in [3.05, 3.63) is 0 Å². The molecule has 1 aliphatic heterocycles. The van der Waals surface area contributed by atoms with E-state index in [1.807, 2.05) is 0 Å². The average molecular weight is 251 g/mol. The molecule has 3 aliphatic rings. The van der Waals surface area contributed by atoms with Crippen molar-refractivity contribution in [2.75, 3.05) is 13.7 Å². The fraction of sp³-hybridized carbons (Fsp3) is 1.00. The third-order valence-corrected chi connectivity index (χ3v) is 5.99. The molecule has 18 heavy (non-hydrogen) atoms. The largest absolute Gasteiger partial charge is 0.378 e. The zero-order valence-electron chi connectivity index (χ0n) is 12.0. The van der Waals surface area contributed by atoms with Crippen LogP contribution in [0.3, 0.4) is 0 Å². The van der Waals surface area contributed by atoms with Crippen LogP contribution in [-0.4, -0.2) is 25.8 Å². The van der Waals surface area contributed by atoms with Crippen molar-refractivity contribution in [2.45, 2.75) is 64.0 Å². The Morgan fingerprint density at radius 2 is 2.11 bits per heavy atom. The smallest absolute Gasteiger partial charge is 0.0616 e. The molecule has 3 rings (SSSR count). The molecule has 2 bridgehead atoms. The maximum atomic E-state index is 5.88. The topological polar surface area (TPSA) is 21.3 Å². The fourth-order valence-electron chi connectivity index (χ4n) is 5.04. The second-order valence-electron chi connectivity index (χ2n) is 6.84. The summed E-state index contributed by atoms with van der Waals surface area (Å²) in [7, 11) is 2.16. The Morgan fingerprint density at radius 1 is 1.22 bits per heavy atom. The summed E-state index contributed by atoms with van der Waals surface area (Å²) >= 11 is 0. The third kappa shape index (κ3) is 2.34. The molecule has 2 nitrogen and oxygen atoms in total. The first-order valence-electron chi connectivity index (χ1n) is 8.10.